The highest BCUT2D eigenvalue weighted by Gasteiger charge is 2.22. The van der Waals surface area contributed by atoms with Gasteiger partial charge in [-0.3, -0.25) is 0 Å². The molecule has 1 heterocycles. The van der Waals surface area contributed by atoms with Gasteiger partial charge in [0, 0.05) is 18.9 Å². The first-order valence-corrected chi connectivity index (χ1v) is 6.76. The van der Waals surface area contributed by atoms with Crippen molar-refractivity contribution in [3.8, 4) is 0 Å². The Morgan fingerprint density at radius 2 is 2.44 bits per heavy atom. The minimum Gasteiger partial charge on any atom is -0.387 e. The second kappa shape index (κ2) is 6.32. The average molecular weight is 248 g/mol. The summed E-state index contributed by atoms with van der Waals surface area (Å²) < 4.78 is 5.15. The molecule has 0 aromatic rings. The lowest BCUT2D eigenvalue weighted by atomic mass is 10.1. The topological polar surface area (TPSA) is 70.6 Å². The van der Waals surface area contributed by atoms with Gasteiger partial charge in [-0.2, -0.15) is 11.8 Å². The molecule has 1 saturated heterocycles. The number of aliphatic hydroxyl groups is 1. The van der Waals surface area contributed by atoms with E-state index in [1.54, 1.807) is 18.7 Å². The molecule has 2 amide bonds. The summed E-state index contributed by atoms with van der Waals surface area (Å²) in [4.78, 5) is 11.5. The van der Waals surface area contributed by atoms with Crippen LogP contribution in [0.5, 0.6) is 0 Å². The molecule has 3 N–H and O–H groups in total. The van der Waals surface area contributed by atoms with E-state index in [4.69, 9.17) is 4.74 Å². The summed E-state index contributed by atoms with van der Waals surface area (Å²) in [7, 11) is 0. The van der Waals surface area contributed by atoms with Crippen molar-refractivity contribution in [2.75, 3.05) is 31.8 Å². The molecule has 16 heavy (non-hydrogen) atoms. The van der Waals surface area contributed by atoms with Gasteiger partial charge in [-0.05, 0) is 19.6 Å². The van der Waals surface area contributed by atoms with Gasteiger partial charge >= 0.3 is 6.03 Å². The predicted octanol–water partition coefficient (Wildman–Crippen LogP) is 0.188. The van der Waals surface area contributed by atoms with Crippen molar-refractivity contribution >= 4 is 17.8 Å². The molecule has 0 radical (unpaired) electrons. The van der Waals surface area contributed by atoms with Crippen LogP contribution in [0.4, 0.5) is 4.79 Å². The third-order valence-corrected chi connectivity index (χ3v) is 3.26. The number of urea groups is 1. The van der Waals surface area contributed by atoms with Gasteiger partial charge in [-0.15, -0.1) is 0 Å². The van der Waals surface area contributed by atoms with Crippen LogP contribution in [-0.4, -0.2) is 54.5 Å². The first-order valence-electron chi connectivity index (χ1n) is 5.37. The van der Waals surface area contributed by atoms with E-state index in [1.807, 2.05) is 6.26 Å². The first-order chi connectivity index (χ1) is 7.53. The Bertz CT molecular complexity index is 230. The highest BCUT2D eigenvalue weighted by atomic mass is 32.2. The van der Waals surface area contributed by atoms with Crippen molar-refractivity contribution in [3.63, 3.8) is 0 Å². The molecule has 6 heteroatoms. The maximum atomic E-state index is 11.5. The Balaban J connectivity index is 2.18. The van der Waals surface area contributed by atoms with Crippen molar-refractivity contribution in [3.05, 3.63) is 0 Å². The predicted molar refractivity (Wildman–Crippen MR) is 64.8 cm³/mol. The number of rotatable bonds is 5. The van der Waals surface area contributed by atoms with E-state index in [-0.39, 0.29) is 18.6 Å². The van der Waals surface area contributed by atoms with Gasteiger partial charge in [-0.25, -0.2) is 4.79 Å². The number of hydrogen-bond donors (Lipinski definition) is 3. The zero-order valence-electron chi connectivity index (χ0n) is 9.78. The maximum absolute atomic E-state index is 11.5. The summed E-state index contributed by atoms with van der Waals surface area (Å²) in [5.74, 6) is 0.597. The lowest BCUT2D eigenvalue weighted by molar-refractivity contribution is 0.0867. The van der Waals surface area contributed by atoms with Crippen molar-refractivity contribution in [2.45, 2.75) is 25.0 Å². The van der Waals surface area contributed by atoms with Crippen LogP contribution in [0, 0.1) is 0 Å². The van der Waals surface area contributed by atoms with Gasteiger partial charge in [-0.1, -0.05) is 0 Å². The highest BCUT2D eigenvalue weighted by Crippen LogP contribution is 2.09. The van der Waals surface area contributed by atoms with Gasteiger partial charge in [0.1, 0.15) is 0 Å². The van der Waals surface area contributed by atoms with E-state index < -0.39 is 5.60 Å². The smallest absolute Gasteiger partial charge is 0.315 e. The van der Waals surface area contributed by atoms with Gasteiger partial charge in [0.25, 0.3) is 0 Å². The van der Waals surface area contributed by atoms with E-state index >= 15 is 0 Å². The molecule has 5 nitrogen and oxygen atoms in total. The maximum Gasteiger partial charge on any atom is 0.315 e. The quantitative estimate of drug-likeness (QED) is 0.649. The molecule has 0 aliphatic carbocycles. The van der Waals surface area contributed by atoms with E-state index in [0.29, 0.717) is 19.0 Å². The van der Waals surface area contributed by atoms with Crippen LogP contribution in [0.1, 0.15) is 13.3 Å². The van der Waals surface area contributed by atoms with Gasteiger partial charge in [0.05, 0.1) is 18.2 Å². The number of amides is 2. The van der Waals surface area contributed by atoms with Gasteiger partial charge < -0.3 is 20.5 Å². The molecular weight excluding hydrogens is 228 g/mol. The molecule has 2 unspecified atom stereocenters. The van der Waals surface area contributed by atoms with Crippen molar-refractivity contribution in [1.82, 2.24) is 10.6 Å². The zero-order chi connectivity index (χ0) is 12.0. The summed E-state index contributed by atoms with van der Waals surface area (Å²) in [6, 6.07) is -0.137. The number of carbonyl (C=O) groups excluding carboxylic acids is 1. The molecular formula is C10H20N2O3S. The monoisotopic (exact) mass is 248 g/mol. The Hall–Kier alpha value is -0.460. The Morgan fingerprint density at radius 3 is 3.00 bits per heavy atom. The molecule has 2 atom stereocenters. The molecule has 0 spiro atoms. The second-order valence-corrected chi connectivity index (χ2v) is 5.18. The number of carbonyl (C=O) groups is 1. The number of thioether (sulfide) groups is 1. The number of nitrogens with one attached hydrogen (secondary N) is 2. The standard InChI is InChI=1S/C10H20N2O3S/c1-10(14,7-16-2)6-11-9(13)12-8-3-4-15-5-8/h8,14H,3-7H2,1-2H3,(H2,11,12,13). The van der Waals surface area contributed by atoms with E-state index in [1.165, 1.54) is 0 Å². The molecule has 0 bridgehead atoms. The van der Waals surface area contributed by atoms with Crippen molar-refractivity contribution in [2.24, 2.45) is 0 Å². The molecule has 1 rings (SSSR count). The van der Waals surface area contributed by atoms with Gasteiger partial charge in [0.2, 0.25) is 0 Å². The van der Waals surface area contributed by atoms with Crippen LogP contribution in [0.25, 0.3) is 0 Å². The minimum atomic E-state index is -0.858. The fraction of sp³-hybridized carbons (Fsp3) is 0.900. The summed E-state index contributed by atoms with van der Waals surface area (Å²) in [5, 5.41) is 15.3. The fourth-order valence-electron chi connectivity index (χ4n) is 1.52. The molecule has 0 saturated carbocycles. The Labute approximate surface area is 100 Å². The first kappa shape index (κ1) is 13.6. The third-order valence-electron chi connectivity index (χ3n) is 2.35. The van der Waals surface area contributed by atoms with Crippen LogP contribution >= 0.6 is 11.8 Å². The highest BCUT2D eigenvalue weighted by molar-refractivity contribution is 7.98. The Morgan fingerprint density at radius 1 is 1.69 bits per heavy atom. The Kier molecular flexibility index (Phi) is 5.37. The molecule has 94 valence electrons. The second-order valence-electron chi connectivity index (χ2n) is 4.32. The van der Waals surface area contributed by atoms with Crippen LogP contribution < -0.4 is 10.6 Å². The van der Waals surface area contributed by atoms with Crippen molar-refractivity contribution < 1.29 is 14.6 Å². The van der Waals surface area contributed by atoms with Crippen LogP contribution in [0.15, 0.2) is 0 Å². The third kappa shape index (κ3) is 5.05. The normalized spacial score (nSPS) is 23.8. The number of hydrogen-bond acceptors (Lipinski definition) is 4. The molecule has 1 aliphatic heterocycles. The largest absolute Gasteiger partial charge is 0.387 e. The summed E-state index contributed by atoms with van der Waals surface area (Å²) in [6.45, 7) is 3.25. The van der Waals surface area contributed by atoms with E-state index in [9.17, 15) is 9.90 Å². The minimum absolute atomic E-state index is 0.102. The van der Waals surface area contributed by atoms with Crippen LogP contribution in [0.3, 0.4) is 0 Å². The lowest BCUT2D eigenvalue weighted by Gasteiger charge is -2.23. The average Bonchev–Trinajstić information content (AvgIpc) is 2.68. The summed E-state index contributed by atoms with van der Waals surface area (Å²) in [6.07, 6.45) is 2.78. The van der Waals surface area contributed by atoms with Gasteiger partial charge in [0.15, 0.2) is 0 Å². The molecule has 0 aromatic heterocycles. The molecule has 0 aromatic carbocycles. The van der Waals surface area contributed by atoms with Crippen LogP contribution in [-0.2, 0) is 4.74 Å². The summed E-state index contributed by atoms with van der Waals surface area (Å²) in [5.41, 5.74) is -0.858. The van der Waals surface area contributed by atoms with Crippen molar-refractivity contribution in [1.29, 1.82) is 0 Å². The van der Waals surface area contributed by atoms with E-state index in [0.717, 1.165) is 6.42 Å². The zero-order valence-corrected chi connectivity index (χ0v) is 10.6. The van der Waals surface area contributed by atoms with Crippen LogP contribution in [0.2, 0.25) is 0 Å². The molecule has 1 aliphatic rings. The van der Waals surface area contributed by atoms with E-state index in [2.05, 4.69) is 10.6 Å². The SMILES string of the molecule is CSCC(C)(O)CNC(=O)NC1CCOC1. The molecule has 1 fully saturated rings. The summed E-state index contributed by atoms with van der Waals surface area (Å²) >= 11 is 1.55. The lowest BCUT2D eigenvalue weighted by Crippen LogP contribution is -2.48. The fourth-order valence-corrected chi connectivity index (χ4v) is 2.24. The number of ether oxygens (including phenoxy) is 1.